The number of anilines is 4. The van der Waals surface area contributed by atoms with E-state index < -0.39 is 23.3 Å². The summed E-state index contributed by atoms with van der Waals surface area (Å²) in [5.74, 6) is -3.16. The maximum absolute atomic E-state index is 15.8. The number of imide groups is 1. The first kappa shape index (κ1) is 39.7. The number of urea groups is 1. The number of pyridine rings is 1. The lowest BCUT2D eigenvalue weighted by atomic mass is 9.69. The van der Waals surface area contributed by atoms with Crippen molar-refractivity contribution in [3.05, 3.63) is 94.4 Å². The first-order chi connectivity index (χ1) is 28.9. The van der Waals surface area contributed by atoms with Gasteiger partial charge in [0.15, 0.2) is 11.5 Å². The Hall–Kier alpha value is -5.71. The zero-order valence-corrected chi connectivity index (χ0v) is 34.0. The van der Waals surface area contributed by atoms with Crippen LogP contribution >= 0.6 is 11.6 Å². The molecule has 0 atom stereocenters. The van der Waals surface area contributed by atoms with Crippen molar-refractivity contribution >= 4 is 58.0 Å². The van der Waals surface area contributed by atoms with E-state index in [1.807, 2.05) is 36.5 Å². The third kappa shape index (κ3) is 7.52. The van der Waals surface area contributed by atoms with Crippen molar-refractivity contribution in [3.8, 4) is 11.3 Å². The summed E-state index contributed by atoms with van der Waals surface area (Å²) in [5.41, 5.74) is 12.1. The summed E-state index contributed by atoms with van der Waals surface area (Å²) in [5, 5.41) is 10.5. The van der Waals surface area contributed by atoms with Gasteiger partial charge in [-0.25, -0.2) is 23.1 Å². The lowest BCUT2D eigenvalue weighted by Gasteiger charge is -2.57. The zero-order chi connectivity index (χ0) is 41.8. The van der Waals surface area contributed by atoms with Crippen molar-refractivity contribution in [1.29, 1.82) is 0 Å². The van der Waals surface area contributed by atoms with E-state index in [0.29, 0.717) is 73.6 Å². The molecule has 4 amide bonds. The summed E-state index contributed by atoms with van der Waals surface area (Å²) in [6.07, 6.45) is 9.08. The summed E-state index contributed by atoms with van der Waals surface area (Å²) < 4.78 is 33.2. The molecule has 1 aliphatic carbocycles. The van der Waals surface area contributed by atoms with E-state index >= 15 is 8.78 Å². The van der Waals surface area contributed by atoms with Crippen LogP contribution in [0.15, 0.2) is 67.0 Å². The van der Waals surface area contributed by atoms with Gasteiger partial charge in [-0.2, -0.15) is 0 Å². The van der Waals surface area contributed by atoms with Crippen molar-refractivity contribution in [2.45, 2.75) is 57.5 Å². The summed E-state index contributed by atoms with van der Waals surface area (Å²) in [6, 6.07) is 16.7. The van der Waals surface area contributed by atoms with E-state index in [0.717, 1.165) is 40.1 Å². The van der Waals surface area contributed by atoms with E-state index in [4.69, 9.17) is 27.4 Å². The maximum Gasteiger partial charge on any atom is 0.328 e. The first-order valence-corrected chi connectivity index (χ1v) is 20.7. The van der Waals surface area contributed by atoms with Gasteiger partial charge in [0.25, 0.3) is 11.8 Å². The molecular formula is C43H46ClF2N11O3. The van der Waals surface area contributed by atoms with Gasteiger partial charge in [-0.3, -0.25) is 34.6 Å². The number of nitrogens with one attached hydrogen (secondary N) is 2. The number of primary amides is 1. The molecule has 60 heavy (non-hydrogen) atoms. The van der Waals surface area contributed by atoms with E-state index in [-0.39, 0.29) is 31.1 Å². The zero-order valence-electron chi connectivity index (χ0n) is 33.3. The predicted octanol–water partition coefficient (Wildman–Crippen LogP) is 6.24. The van der Waals surface area contributed by atoms with E-state index in [9.17, 15) is 14.4 Å². The molecular weight excluding hydrogens is 792 g/mol. The van der Waals surface area contributed by atoms with Crippen LogP contribution in [0.4, 0.5) is 36.5 Å². The van der Waals surface area contributed by atoms with Gasteiger partial charge >= 0.3 is 6.03 Å². The lowest BCUT2D eigenvalue weighted by Crippen LogP contribution is -2.69. The minimum atomic E-state index is -2.87. The van der Waals surface area contributed by atoms with E-state index in [1.54, 1.807) is 30.1 Å². The van der Waals surface area contributed by atoms with Gasteiger partial charge in [-0.1, -0.05) is 55.1 Å². The highest BCUT2D eigenvalue weighted by Gasteiger charge is 2.62. The maximum atomic E-state index is 15.8. The molecule has 3 aromatic heterocycles. The minimum Gasteiger partial charge on any atom is -0.385 e. The average molecular weight is 838 g/mol. The van der Waals surface area contributed by atoms with Crippen LogP contribution < -0.4 is 26.2 Å². The summed E-state index contributed by atoms with van der Waals surface area (Å²) in [7, 11) is 1.79. The predicted molar refractivity (Wildman–Crippen MR) is 225 cm³/mol. The Balaban J connectivity index is 0.00000148. The number of carbonyl (C=O) groups is 3. The average Bonchev–Trinajstić information content (AvgIpc) is 3.93. The Morgan fingerprint density at radius 3 is 2.33 bits per heavy atom. The van der Waals surface area contributed by atoms with Gasteiger partial charge in [-0.15, -0.1) is 5.10 Å². The van der Waals surface area contributed by atoms with Crippen LogP contribution in [0.3, 0.4) is 0 Å². The van der Waals surface area contributed by atoms with Crippen molar-refractivity contribution in [1.82, 2.24) is 34.7 Å². The molecule has 5 aliphatic rings. The molecule has 4 N–H and O–H groups in total. The van der Waals surface area contributed by atoms with Gasteiger partial charge in [0, 0.05) is 76.3 Å². The molecule has 5 aromatic rings. The Morgan fingerprint density at radius 1 is 0.883 bits per heavy atom. The largest absolute Gasteiger partial charge is 0.385 e. The number of rotatable bonds is 9. The Bertz CT molecular complexity index is 2490. The second-order valence-corrected chi connectivity index (χ2v) is 16.8. The van der Waals surface area contributed by atoms with Crippen molar-refractivity contribution in [2.24, 2.45) is 11.1 Å². The molecule has 0 bridgehead atoms. The van der Waals surface area contributed by atoms with Crippen LogP contribution in [-0.4, -0.2) is 99.5 Å². The van der Waals surface area contributed by atoms with Gasteiger partial charge in [-0.05, 0) is 60.3 Å². The molecule has 7 heterocycles. The normalized spacial score (nSPS) is 19.4. The number of benzene rings is 2. The number of aromatic nitrogens is 4. The fourth-order valence-corrected chi connectivity index (χ4v) is 9.04. The number of fused-ring (bicyclic) bond motifs is 2. The third-order valence-corrected chi connectivity index (χ3v) is 12.4. The number of nitrogens with zero attached hydrogens (tertiary/aromatic N) is 8. The number of imidazole rings is 1. The second-order valence-electron chi connectivity index (χ2n) is 16.4. The van der Waals surface area contributed by atoms with Gasteiger partial charge in [0.2, 0.25) is 5.91 Å². The van der Waals surface area contributed by atoms with Gasteiger partial charge in [0.1, 0.15) is 5.69 Å². The number of alkyl halides is 2. The van der Waals surface area contributed by atoms with Crippen LogP contribution in [0.2, 0.25) is 5.02 Å². The highest BCUT2D eigenvalue weighted by molar-refractivity contribution is 6.34. The molecule has 17 heteroatoms. The third-order valence-electron chi connectivity index (χ3n) is 12.1. The van der Waals surface area contributed by atoms with Gasteiger partial charge < -0.3 is 16.0 Å². The summed E-state index contributed by atoms with van der Waals surface area (Å²) >= 11 is 6.52. The number of likely N-dealkylation sites (tertiary alicyclic amines) is 2. The van der Waals surface area contributed by atoms with Crippen molar-refractivity contribution < 1.29 is 23.2 Å². The summed E-state index contributed by atoms with van der Waals surface area (Å²) in [4.78, 5) is 52.4. The molecule has 10 rings (SSSR count). The number of carbonyl (C=O) groups excluding carboxylic acids is 3. The number of amides is 4. The first-order valence-electron chi connectivity index (χ1n) is 20.4. The highest BCUT2D eigenvalue weighted by atomic mass is 35.5. The highest BCUT2D eigenvalue weighted by Crippen LogP contribution is 2.51. The molecule has 4 aliphatic heterocycles. The van der Waals surface area contributed by atoms with Gasteiger partial charge in [0.05, 0.1) is 40.2 Å². The molecule has 1 spiro atoms. The molecule has 4 fully saturated rings. The number of hydrogen-bond acceptors (Lipinski definition) is 10. The van der Waals surface area contributed by atoms with E-state index in [1.165, 1.54) is 34.9 Å². The monoisotopic (exact) mass is 837 g/mol. The number of nitrogens with two attached hydrogens (primary N) is 1. The topological polar surface area (TPSA) is 157 Å². The fourth-order valence-electron chi connectivity index (χ4n) is 8.74. The fraction of sp³-hybridized carbons (Fsp3) is 0.395. The van der Waals surface area contributed by atoms with E-state index in [2.05, 4.69) is 31.5 Å². The molecule has 3 saturated heterocycles. The quantitative estimate of drug-likeness (QED) is 0.155. The molecule has 0 unspecified atom stereocenters. The number of halogens is 3. The van der Waals surface area contributed by atoms with Crippen LogP contribution in [0.25, 0.3) is 16.9 Å². The van der Waals surface area contributed by atoms with Crippen LogP contribution in [0, 0.1) is 5.41 Å². The standard InChI is InChI=1S/C40H40ClF2N11O3.C3H6/c1-45-30-16-34(49-54-33(36(44)56)18-47-37(30)54)52-12-9-27-26(3-2-4-31(27)52)29-7-5-25(17-46-29)20-51-21-39(22-51)11-14-50(23-40(39,42)43)19-24-6-8-32(28(41)15-24)53-13-10-35(55)48-38(53)57;1-2-3-1/h2-8,15-18,45H,9-14,19-23H2,1H3,(H2,44,56)(H,48,55,57);1-3H2. The lowest BCUT2D eigenvalue weighted by molar-refractivity contribution is -0.227. The van der Waals surface area contributed by atoms with Crippen LogP contribution in [0.5, 0.6) is 0 Å². The molecule has 312 valence electrons. The smallest absolute Gasteiger partial charge is 0.328 e. The number of piperidine rings is 1. The van der Waals surface area contributed by atoms with Crippen molar-refractivity contribution in [3.63, 3.8) is 0 Å². The molecule has 14 nitrogen and oxygen atoms in total. The van der Waals surface area contributed by atoms with Crippen LogP contribution in [0.1, 0.15) is 59.3 Å². The Labute approximate surface area is 350 Å². The van der Waals surface area contributed by atoms with Crippen LogP contribution in [-0.2, 0) is 24.3 Å². The summed E-state index contributed by atoms with van der Waals surface area (Å²) in [6.45, 7) is 2.57. The Kier molecular flexibility index (Phi) is 10.4. The van der Waals surface area contributed by atoms with Crippen molar-refractivity contribution in [2.75, 3.05) is 61.4 Å². The molecule has 0 radical (unpaired) electrons. The molecule has 1 saturated carbocycles. The minimum absolute atomic E-state index is 0.179. The molecule has 2 aromatic carbocycles. The number of hydrogen-bond donors (Lipinski definition) is 3. The second kappa shape index (κ2) is 15.7. The SMILES string of the molecule is C1CC1.CNc1cc(N2CCc3c(-c4ccc(CN5CC6(CCN(Cc7ccc(N8CCC(=O)NC8=O)c(Cl)c7)CC6(F)F)C5)cn4)cccc32)nn2c(C(N)=O)cnc12. The Morgan fingerprint density at radius 2 is 1.65 bits per heavy atom.